The Morgan fingerprint density at radius 1 is 1.41 bits per heavy atom. The topological polar surface area (TPSA) is 46.3 Å². The number of benzene rings is 1. The van der Waals surface area contributed by atoms with Gasteiger partial charge < -0.3 is 9.52 Å². The van der Waals surface area contributed by atoms with Gasteiger partial charge in [0.1, 0.15) is 5.52 Å². The van der Waals surface area contributed by atoms with Crippen LogP contribution in [0, 0.1) is 0 Å². The number of aliphatic hydroxyl groups excluding tert-OH is 1. The molecule has 8 heteroatoms. The van der Waals surface area contributed by atoms with Gasteiger partial charge in [-0.05, 0) is 33.6 Å². The fourth-order valence-electron chi connectivity index (χ4n) is 1.35. The van der Waals surface area contributed by atoms with Crippen molar-refractivity contribution in [1.82, 2.24) is 4.98 Å². The number of hydrogen-bond donors (Lipinski definition) is 2. The minimum atomic E-state index is -4.72. The summed E-state index contributed by atoms with van der Waals surface area (Å²) in [7, 11) is 0. The molecule has 92 valence electrons. The molecule has 0 aliphatic carbocycles. The van der Waals surface area contributed by atoms with E-state index < -0.39 is 12.3 Å². The van der Waals surface area contributed by atoms with E-state index >= 15 is 0 Å². The molecule has 0 saturated carbocycles. The zero-order valence-corrected chi connectivity index (χ0v) is 10.5. The van der Waals surface area contributed by atoms with Crippen LogP contribution >= 0.6 is 28.6 Å². The first-order chi connectivity index (χ1) is 7.79. The monoisotopic (exact) mass is 327 g/mol. The number of alkyl halides is 3. The number of halogens is 4. The molecule has 0 aliphatic rings. The molecule has 0 radical (unpaired) electrons. The number of fused-ring (bicyclic) bond motifs is 1. The SMILES string of the molecule is OC(c1cc(Br)c2oc(S)nc2c1)C(F)(F)F. The van der Waals surface area contributed by atoms with Crippen LogP contribution in [0.25, 0.3) is 11.1 Å². The van der Waals surface area contributed by atoms with E-state index in [-0.39, 0.29) is 26.4 Å². The molecule has 0 spiro atoms. The maximum atomic E-state index is 12.3. The number of aliphatic hydroxyl groups is 1. The molecule has 0 aliphatic heterocycles. The highest BCUT2D eigenvalue weighted by atomic mass is 79.9. The highest BCUT2D eigenvalue weighted by Crippen LogP contribution is 2.36. The standard InChI is InChI=1S/C9H5BrF3NO2S/c10-4-1-3(7(15)9(11,12)13)2-5-6(4)16-8(17)14-5/h1-2,7,15H,(H,14,17). The molecule has 1 N–H and O–H groups in total. The van der Waals surface area contributed by atoms with Crippen LogP contribution in [-0.2, 0) is 0 Å². The maximum absolute atomic E-state index is 12.3. The highest BCUT2D eigenvalue weighted by Gasteiger charge is 2.39. The maximum Gasteiger partial charge on any atom is 0.418 e. The summed E-state index contributed by atoms with van der Waals surface area (Å²) in [5.41, 5.74) is 0.175. The lowest BCUT2D eigenvalue weighted by molar-refractivity contribution is -0.206. The first-order valence-electron chi connectivity index (χ1n) is 4.33. The van der Waals surface area contributed by atoms with Gasteiger partial charge in [0, 0.05) is 0 Å². The second kappa shape index (κ2) is 4.18. The summed E-state index contributed by atoms with van der Waals surface area (Å²) in [5, 5.41) is 9.17. The van der Waals surface area contributed by atoms with Crippen LogP contribution in [0.4, 0.5) is 13.2 Å². The molecule has 2 rings (SSSR count). The lowest BCUT2D eigenvalue weighted by Gasteiger charge is -2.14. The van der Waals surface area contributed by atoms with Crippen molar-refractivity contribution < 1.29 is 22.7 Å². The number of hydrogen-bond acceptors (Lipinski definition) is 4. The van der Waals surface area contributed by atoms with Gasteiger partial charge in [-0.15, -0.1) is 0 Å². The van der Waals surface area contributed by atoms with Gasteiger partial charge in [0.05, 0.1) is 4.47 Å². The van der Waals surface area contributed by atoms with Gasteiger partial charge in [-0.3, -0.25) is 0 Å². The van der Waals surface area contributed by atoms with Crippen LogP contribution in [0.3, 0.4) is 0 Å². The third kappa shape index (κ3) is 2.43. The second-order valence-corrected chi connectivity index (χ2v) is 4.53. The highest BCUT2D eigenvalue weighted by molar-refractivity contribution is 9.10. The fourth-order valence-corrected chi connectivity index (χ4v) is 2.09. The largest absolute Gasteiger partial charge is 0.430 e. The Kier molecular flexibility index (Phi) is 3.13. The van der Waals surface area contributed by atoms with E-state index in [0.717, 1.165) is 12.1 Å². The molecule has 1 aromatic heterocycles. The van der Waals surface area contributed by atoms with Gasteiger partial charge in [0.25, 0.3) is 5.22 Å². The Labute approximate surface area is 107 Å². The molecule has 0 amide bonds. The molecule has 2 aromatic rings. The number of nitrogens with zero attached hydrogens (tertiary/aromatic N) is 1. The zero-order valence-electron chi connectivity index (χ0n) is 7.99. The molecular weight excluding hydrogens is 323 g/mol. The summed E-state index contributed by atoms with van der Waals surface area (Å²) < 4.78 is 42.4. The van der Waals surface area contributed by atoms with Crippen molar-refractivity contribution in [3.05, 3.63) is 22.2 Å². The van der Waals surface area contributed by atoms with Crippen molar-refractivity contribution in [2.24, 2.45) is 0 Å². The van der Waals surface area contributed by atoms with Gasteiger partial charge in [0.15, 0.2) is 11.7 Å². The molecule has 1 aromatic carbocycles. The first-order valence-corrected chi connectivity index (χ1v) is 5.57. The van der Waals surface area contributed by atoms with E-state index in [1.165, 1.54) is 0 Å². The van der Waals surface area contributed by atoms with Crippen molar-refractivity contribution in [3.8, 4) is 0 Å². The predicted molar refractivity (Wildman–Crippen MR) is 60.0 cm³/mol. The molecule has 1 heterocycles. The minimum absolute atomic E-state index is 0.0411. The van der Waals surface area contributed by atoms with Crippen LogP contribution in [0.5, 0.6) is 0 Å². The molecule has 17 heavy (non-hydrogen) atoms. The second-order valence-electron chi connectivity index (χ2n) is 3.29. The van der Waals surface area contributed by atoms with Crippen molar-refractivity contribution in [2.75, 3.05) is 0 Å². The lowest BCUT2D eigenvalue weighted by atomic mass is 10.1. The summed E-state index contributed by atoms with van der Waals surface area (Å²) in [4.78, 5) is 3.79. The first kappa shape index (κ1) is 12.7. The number of aromatic nitrogens is 1. The predicted octanol–water partition coefficient (Wildman–Crippen LogP) is 3.47. The summed E-state index contributed by atoms with van der Waals surface area (Å²) in [6, 6.07) is 2.25. The molecule has 1 atom stereocenters. The van der Waals surface area contributed by atoms with Gasteiger partial charge in [-0.1, -0.05) is 12.6 Å². The summed E-state index contributed by atoms with van der Waals surface area (Å²) in [6.45, 7) is 0. The van der Waals surface area contributed by atoms with Crippen molar-refractivity contribution in [1.29, 1.82) is 0 Å². The molecular formula is C9H5BrF3NO2S. The molecule has 0 saturated heterocycles. The van der Waals surface area contributed by atoms with E-state index in [0.29, 0.717) is 0 Å². The van der Waals surface area contributed by atoms with Crippen LogP contribution in [-0.4, -0.2) is 16.3 Å². The van der Waals surface area contributed by atoms with E-state index in [4.69, 9.17) is 9.52 Å². The summed E-state index contributed by atoms with van der Waals surface area (Å²) in [6.07, 6.45) is -7.27. The fraction of sp³-hybridized carbons (Fsp3) is 0.222. The average molecular weight is 328 g/mol. The van der Waals surface area contributed by atoms with Crippen LogP contribution in [0.15, 0.2) is 26.2 Å². The van der Waals surface area contributed by atoms with Crippen molar-refractivity contribution in [2.45, 2.75) is 17.5 Å². The van der Waals surface area contributed by atoms with Gasteiger partial charge in [-0.2, -0.15) is 13.2 Å². The van der Waals surface area contributed by atoms with E-state index in [9.17, 15) is 13.2 Å². The van der Waals surface area contributed by atoms with Crippen LogP contribution in [0.1, 0.15) is 11.7 Å². The molecule has 0 bridgehead atoms. The molecule has 1 unspecified atom stereocenters. The Morgan fingerprint density at radius 2 is 2.06 bits per heavy atom. The Balaban J connectivity index is 2.57. The summed E-state index contributed by atoms with van der Waals surface area (Å²) in [5.74, 6) is 0. The van der Waals surface area contributed by atoms with E-state index in [1.807, 2.05) is 0 Å². The number of thiol groups is 1. The van der Waals surface area contributed by atoms with Crippen molar-refractivity contribution in [3.63, 3.8) is 0 Å². The summed E-state index contributed by atoms with van der Waals surface area (Å²) >= 11 is 6.90. The lowest BCUT2D eigenvalue weighted by Crippen LogP contribution is -2.20. The minimum Gasteiger partial charge on any atom is -0.430 e. The van der Waals surface area contributed by atoms with E-state index in [1.54, 1.807) is 0 Å². The zero-order chi connectivity index (χ0) is 12.8. The Hall–Kier alpha value is -0.730. The van der Waals surface area contributed by atoms with Crippen LogP contribution in [0.2, 0.25) is 0 Å². The smallest absolute Gasteiger partial charge is 0.418 e. The third-order valence-electron chi connectivity index (χ3n) is 2.08. The normalized spacial score (nSPS) is 14.2. The molecule has 0 fully saturated rings. The van der Waals surface area contributed by atoms with Gasteiger partial charge in [0.2, 0.25) is 0 Å². The van der Waals surface area contributed by atoms with Gasteiger partial charge >= 0.3 is 6.18 Å². The Morgan fingerprint density at radius 3 is 2.65 bits per heavy atom. The average Bonchev–Trinajstić information content (AvgIpc) is 2.56. The third-order valence-corrected chi connectivity index (χ3v) is 2.86. The van der Waals surface area contributed by atoms with E-state index in [2.05, 4.69) is 33.5 Å². The van der Waals surface area contributed by atoms with Crippen molar-refractivity contribution >= 4 is 39.7 Å². The van der Waals surface area contributed by atoms with Gasteiger partial charge in [-0.25, -0.2) is 4.98 Å². The van der Waals surface area contributed by atoms with Crippen LogP contribution < -0.4 is 0 Å². The number of oxazole rings is 1. The quantitative estimate of drug-likeness (QED) is 0.788. The molecule has 3 nitrogen and oxygen atoms in total. The number of rotatable bonds is 1. The Bertz CT molecular complexity index is 569.